The molecule has 3 N–H and O–H groups in total. The molecule has 1 heterocycles. The summed E-state index contributed by atoms with van der Waals surface area (Å²) in [5, 5.41) is 15.9. The van der Waals surface area contributed by atoms with Gasteiger partial charge in [-0.25, -0.2) is 4.79 Å². The Bertz CT molecular complexity index is 285. The van der Waals surface area contributed by atoms with Crippen molar-refractivity contribution >= 4 is 6.09 Å². The minimum Gasteiger partial charge on any atom is -0.444 e. The van der Waals surface area contributed by atoms with Crippen LogP contribution in [0.1, 0.15) is 27.2 Å². The van der Waals surface area contributed by atoms with Crippen LogP contribution in [0.25, 0.3) is 0 Å². The summed E-state index contributed by atoms with van der Waals surface area (Å²) in [6.45, 7) is 6.31. The smallest absolute Gasteiger partial charge is 0.408 e. The molecule has 2 aliphatic rings. The van der Waals surface area contributed by atoms with E-state index in [9.17, 15) is 9.90 Å². The standard InChI is InChI=1S/C11H20N2O3/c1-11(2,3)16-10(15)13-8-7-4-6(5-12-7)9(8)14/h6-9,12,14H,4-5H2,1-3H3,(H,13,15)/t6-,7+,8-,9-/m0/s1. The van der Waals surface area contributed by atoms with E-state index in [1.807, 2.05) is 20.8 Å². The first-order valence-electron chi connectivity index (χ1n) is 5.78. The second-order valence-corrected chi connectivity index (χ2v) is 5.67. The van der Waals surface area contributed by atoms with Crippen molar-refractivity contribution in [3.63, 3.8) is 0 Å². The average Bonchev–Trinajstić information content (AvgIpc) is 2.66. The molecule has 1 aliphatic carbocycles. The minimum atomic E-state index is -0.500. The van der Waals surface area contributed by atoms with Crippen LogP contribution in [0.2, 0.25) is 0 Å². The summed E-state index contributed by atoms with van der Waals surface area (Å²) >= 11 is 0. The van der Waals surface area contributed by atoms with E-state index in [2.05, 4.69) is 10.6 Å². The number of alkyl carbamates (subject to hydrolysis) is 1. The van der Waals surface area contributed by atoms with Crippen LogP contribution in [-0.4, -0.2) is 41.5 Å². The Kier molecular flexibility index (Phi) is 2.84. The van der Waals surface area contributed by atoms with E-state index in [1.54, 1.807) is 0 Å². The quantitative estimate of drug-likeness (QED) is 0.601. The number of nitrogens with one attached hydrogen (secondary N) is 2. The highest BCUT2D eigenvalue weighted by Crippen LogP contribution is 2.31. The van der Waals surface area contributed by atoms with Crippen molar-refractivity contribution in [1.82, 2.24) is 10.6 Å². The van der Waals surface area contributed by atoms with Crippen LogP contribution in [0.15, 0.2) is 0 Å². The van der Waals surface area contributed by atoms with Crippen molar-refractivity contribution < 1.29 is 14.6 Å². The molecule has 0 aromatic heterocycles. The highest BCUT2D eigenvalue weighted by molar-refractivity contribution is 5.68. The number of amides is 1. The van der Waals surface area contributed by atoms with E-state index < -0.39 is 17.8 Å². The number of aliphatic hydroxyl groups excluding tert-OH is 1. The predicted molar refractivity (Wildman–Crippen MR) is 59.1 cm³/mol. The Balaban J connectivity index is 1.88. The van der Waals surface area contributed by atoms with Crippen LogP contribution in [-0.2, 0) is 4.74 Å². The molecule has 4 atom stereocenters. The first-order chi connectivity index (χ1) is 7.37. The van der Waals surface area contributed by atoms with Gasteiger partial charge in [-0.2, -0.15) is 0 Å². The van der Waals surface area contributed by atoms with Crippen molar-refractivity contribution in [1.29, 1.82) is 0 Å². The topological polar surface area (TPSA) is 70.6 Å². The molecular formula is C11H20N2O3. The first kappa shape index (κ1) is 11.7. The minimum absolute atomic E-state index is 0.188. The van der Waals surface area contributed by atoms with Crippen LogP contribution < -0.4 is 10.6 Å². The van der Waals surface area contributed by atoms with E-state index in [0.29, 0.717) is 0 Å². The maximum atomic E-state index is 11.6. The molecule has 0 aromatic carbocycles. The number of ether oxygens (including phenoxy) is 1. The van der Waals surface area contributed by atoms with Crippen molar-refractivity contribution in [2.75, 3.05) is 6.54 Å². The largest absolute Gasteiger partial charge is 0.444 e. The third-order valence-corrected chi connectivity index (χ3v) is 3.17. The van der Waals surface area contributed by atoms with Gasteiger partial charge in [-0.1, -0.05) is 0 Å². The van der Waals surface area contributed by atoms with E-state index in [1.165, 1.54) is 0 Å². The van der Waals surface area contributed by atoms with E-state index in [4.69, 9.17) is 4.74 Å². The number of aliphatic hydroxyl groups is 1. The predicted octanol–water partition coefficient (Wildman–Crippen LogP) is 0.232. The fraction of sp³-hybridized carbons (Fsp3) is 0.909. The maximum Gasteiger partial charge on any atom is 0.408 e. The Morgan fingerprint density at radius 1 is 1.50 bits per heavy atom. The third kappa shape index (κ3) is 2.30. The zero-order valence-electron chi connectivity index (χ0n) is 9.99. The molecule has 0 radical (unpaired) electrons. The Morgan fingerprint density at radius 2 is 2.19 bits per heavy atom. The molecule has 2 bridgehead atoms. The first-order valence-corrected chi connectivity index (χ1v) is 5.78. The molecule has 1 amide bonds. The number of hydrogen-bond donors (Lipinski definition) is 3. The highest BCUT2D eigenvalue weighted by atomic mass is 16.6. The molecule has 92 valence electrons. The molecule has 1 saturated heterocycles. The number of fused-ring (bicyclic) bond motifs is 2. The van der Waals surface area contributed by atoms with Gasteiger partial charge in [0, 0.05) is 18.5 Å². The van der Waals surface area contributed by atoms with E-state index >= 15 is 0 Å². The normalized spacial score (nSPS) is 37.5. The summed E-state index contributed by atoms with van der Waals surface area (Å²) in [5.74, 6) is 0.268. The van der Waals surface area contributed by atoms with Gasteiger partial charge < -0.3 is 20.5 Å². The monoisotopic (exact) mass is 228 g/mol. The highest BCUT2D eigenvalue weighted by Gasteiger charge is 2.47. The molecule has 2 fully saturated rings. The van der Waals surface area contributed by atoms with Crippen LogP contribution in [0, 0.1) is 5.92 Å². The van der Waals surface area contributed by atoms with Crippen LogP contribution in [0.3, 0.4) is 0 Å². The van der Waals surface area contributed by atoms with Crippen molar-refractivity contribution in [3.05, 3.63) is 0 Å². The number of carbonyl (C=O) groups is 1. The second kappa shape index (κ2) is 3.89. The van der Waals surface area contributed by atoms with Crippen molar-refractivity contribution in [3.8, 4) is 0 Å². The lowest BCUT2D eigenvalue weighted by Gasteiger charge is -2.29. The van der Waals surface area contributed by atoms with Gasteiger partial charge in [0.1, 0.15) is 5.60 Å². The van der Waals surface area contributed by atoms with Crippen LogP contribution >= 0.6 is 0 Å². The Hall–Kier alpha value is -0.810. The lowest BCUT2D eigenvalue weighted by molar-refractivity contribution is 0.0368. The molecule has 16 heavy (non-hydrogen) atoms. The third-order valence-electron chi connectivity index (χ3n) is 3.17. The number of carbonyl (C=O) groups excluding carboxylic acids is 1. The number of rotatable bonds is 1. The van der Waals surface area contributed by atoms with Gasteiger partial charge in [-0.05, 0) is 27.2 Å². The zero-order valence-corrected chi connectivity index (χ0v) is 9.99. The van der Waals surface area contributed by atoms with Gasteiger partial charge in [0.05, 0.1) is 12.1 Å². The maximum absolute atomic E-state index is 11.6. The molecule has 0 unspecified atom stereocenters. The summed E-state index contributed by atoms with van der Waals surface area (Å²) in [7, 11) is 0. The second-order valence-electron chi connectivity index (χ2n) is 5.67. The number of piperidine rings is 1. The molecule has 2 rings (SSSR count). The summed E-state index contributed by atoms with van der Waals surface area (Å²) in [6.07, 6.45) is 0.0337. The van der Waals surface area contributed by atoms with E-state index in [0.717, 1.165) is 13.0 Å². The SMILES string of the molecule is CC(C)(C)OC(=O)N[C@@H]1[C@@H](O)[C@@H]2CN[C@@H]1C2. The zero-order chi connectivity index (χ0) is 11.9. The van der Waals surface area contributed by atoms with Gasteiger partial charge in [0.25, 0.3) is 0 Å². The van der Waals surface area contributed by atoms with Gasteiger partial charge in [0.15, 0.2) is 0 Å². The fourth-order valence-electron chi connectivity index (χ4n) is 2.49. The van der Waals surface area contributed by atoms with Crippen molar-refractivity contribution in [2.45, 2.75) is 51.0 Å². The lowest BCUT2D eigenvalue weighted by atomic mass is 10.0. The summed E-state index contributed by atoms with van der Waals surface area (Å²) in [5.41, 5.74) is -0.500. The molecular weight excluding hydrogens is 208 g/mol. The van der Waals surface area contributed by atoms with Crippen molar-refractivity contribution in [2.24, 2.45) is 5.92 Å². The Morgan fingerprint density at radius 3 is 2.69 bits per heavy atom. The average molecular weight is 228 g/mol. The summed E-state index contributed by atoms with van der Waals surface area (Å²) in [6, 6.07) is -0.0267. The van der Waals surface area contributed by atoms with Gasteiger partial charge >= 0.3 is 6.09 Å². The fourth-order valence-corrected chi connectivity index (χ4v) is 2.49. The van der Waals surface area contributed by atoms with Gasteiger partial charge in [0.2, 0.25) is 0 Å². The van der Waals surface area contributed by atoms with E-state index in [-0.39, 0.29) is 18.0 Å². The number of hydrogen-bond acceptors (Lipinski definition) is 4. The molecule has 0 spiro atoms. The summed E-state index contributed by atoms with van der Waals surface area (Å²) < 4.78 is 5.17. The molecule has 5 nitrogen and oxygen atoms in total. The summed E-state index contributed by atoms with van der Waals surface area (Å²) in [4.78, 5) is 11.6. The van der Waals surface area contributed by atoms with Crippen LogP contribution in [0.5, 0.6) is 0 Å². The molecule has 1 saturated carbocycles. The van der Waals surface area contributed by atoms with Crippen LogP contribution in [0.4, 0.5) is 4.79 Å². The lowest BCUT2D eigenvalue weighted by Crippen LogP contribution is -2.55. The molecule has 5 heteroatoms. The Labute approximate surface area is 95.5 Å². The molecule has 1 aliphatic heterocycles. The van der Waals surface area contributed by atoms with Gasteiger partial charge in [-0.3, -0.25) is 0 Å². The van der Waals surface area contributed by atoms with Gasteiger partial charge in [-0.15, -0.1) is 0 Å². The molecule has 0 aromatic rings.